The van der Waals surface area contributed by atoms with E-state index in [1.165, 1.54) is 11.3 Å². The Morgan fingerprint density at radius 1 is 1.14 bits per heavy atom. The maximum absolute atomic E-state index is 10.4. The topological polar surface area (TPSA) is 49.0 Å². The number of fused-ring (bicyclic) bond motifs is 1. The van der Waals surface area contributed by atoms with Gasteiger partial charge in [-0.05, 0) is 29.8 Å². The number of para-hydroxylation sites is 1. The fourth-order valence-corrected chi connectivity index (χ4v) is 3.44. The predicted octanol–water partition coefficient (Wildman–Crippen LogP) is 4.22. The summed E-state index contributed by atoms with van der Waals surface area (Å²) in [7, 11) is 0. The van der Waals surface area contributed by atoms with Crippen LogP contribution in [0.2, 0.25) is 10.0 Å². The lowest BCUT2D eigenvalue weighted by atomic mass is 10.1. The molecule has 0 saturated heterocycles. The summed E-state index contributed by atoms with van der Waals surface area (Å²) in [4.78, 5) is 0.412. The molecule has 1 unspecified atom stereocenters. The predicted molar refractivity (Wildman–Crippen MR) is 87.1 cm³/mol. The van der Waals surface area contributed by atoms with Gasteiger partial charge in [0.2, 0.25) is 0 Å². The van der Waals surface area contributed by atoms with Gasteiger partial charge in [-0.3, -0.25) is 5.41 Å². The van der Waals surface area contributed by atoms with Crippen molar-refractivity contribution in [3.8, 4) is 0 Å². The lowest BCUT2D eigenvalue weighted by Gasteiger charge is -2.13. The van der Waals surface area contributed by atoms with Gasteiger partial charge in [-0.2, -0.15) is 0 Å². The summed E-state index contributed by atoms with van der Waals surface area (Å²) in [6.07, 6.45) is -0.744. The summed E-state index contributed by atoms with van der Waals surface area (Å²) in [5.41, 5.74) is 1.64. The van der Waals surface area contributed by atoms with Crippen LogP contribution in [0, 0.1) is 5.41 Å². The molecular formula is C15H12Cl2N2OS. The molecule has 0 radical (unpaired) electrons. The molecule has 6 heteroatoms. The third kappa shape index (κ3) is 2.85. The molecule has 0 aliphatic heterocycles. The highest BCUT2D eigenvalue weighted by atomic mass is 35.5. The number of aliphatic hydroxyl groups excluding tert-OH is 1. The van der Waals surface area contributed by atoms with E-state index in [1.54, 1.807) is 22.8 Å². The number of benzene rings is 2. The Labute approximate surface area is 135 Å². The molecular weight excluding hydrogens is 327 g/mol. The molecule has 0 spiro atoms. The zero-order valence-corrected chi connectivity index (χ0v) is 13.2. The van der Waals surface area contributed by atoms with Crippen LogP contribution in [0.25, 0.3) is 10.2 Å². The van der Waals surface area contributed by atoms with Gasteiger partial charge in [0.05, 0.1) is 32.9 Å². The maximum atomic E-state index is 10.4. The molecule has 0 fully saturated rings. The Morgan fingerprint density at radius 3 is 2.67 bits per heavy atom. The average Bonchev–Trinajstić information content (AvgIpc) is 2.78. The first kappa shape index (κ1) is 14.6. The summed E-state index contributed by atoms with van der Waals surface area (Å²) >= 11 is 13.3. The Hall–Kier alpha value is -1.33. The molecule has 2 N–H and O–H groups in total. The lowest BCUT2D eigenvalue weighted by Crippen LogP contribution is -2.18. The highest BCUT2D eigenvalue weighted by molar-refractivity contribution is 7.16. The zero-order chi connectivity index (χ0) is 15.0. The van der Waals surface area contributed by atoms with Crippen molar-refractivity contribution in [2.24, 2.45) is 0 Å². The van der Waals surface area contributed by atoms with E-state index >= 15 is 0 Å². The fraction of sp³-hybridized carbons (Fsp3) is 0.133. The fourth-order valence-electron chi connectivity index (χ4n) is 2.21. The third-order valence-electron chi connectivity index (χ3n) is 3.29. The highest BCUT2D eigenvalue weighted by Crippen LogP contribution is 2.27. The quantitative estimate of drug-likeness (QED) is 0.737. The van der Waals surface area contributed by atoms with Crippen molar-refractivity contribution in [1.82, 2.24) is 4.57 Å². The zero-order valence-electron chi connectivity index (χ0n) is 10.9. The first-order chi connectivity index (χ1) is 10.1. The van der Waals surface area contributed by atoms with Gasteiger partial charge in [-0.15, -0.1) is 0 Å². The number of thiazole rings is 1. The lowest BCUT2D eigenvalue weighted by molar-refractivity contribution is 0.157. The first-order valence-electron chi connectivity index (χ1n) is 6.32. The molecule has 0 saturated carbocycles. The van der Waals surface area contributed by atoms with Gasteiger partial charge in [0.15, 0.2) is 4.80 Å². The Morgan fingerprint density at radius 2 is 1.90 bits per heavy atom. The minimum absolute atomic E-state index is 0.306. The highest BCUT2D eigenvalue weighted by Gasteiger charge is 2.13. The number of nitrogens with one attached hydrogen (secondary N) is 1. The van der Waals surface area contributed by atoms with Crippen LogP contribution in [0.5, 0.6) is 0 Å². The Kier molecular flexibility index (Phi) is 4.04. The number of hydrogen-bond donors (Lipinski definition) is 2. The van der Waals surface area contributed by atoms with Gasteiger partial charge < -0.3 is 9.67 Å². The van der Waals surface area contributed by atoms with Crippen LogP contribution >= 0.6 is 34.5 Å². The molecule has 0 bridgehead atoms. The van der Waals surface area contributed by atoms with Crippen molar-refractivity contribution in [2.75, 3.05) is 0 Å². The normalized spacial score (nSPS) is 12.7. The van der Waals surface area contributed by atoms with E-state index in [0.29, 0.717) is 27.0 Å². The Bertz CT molecular complexity index is 856. The van der Waals surface area contributed by atoms with Crippen molar-refractivity contribution < 1.29 is 5.11 Å². The van der Waals surface area contributed by atoms with Crippen LogP contribution in [0.4, 0.5) is 0 Å². The average molecular weight is 339 g/mol. The summed E-state index contributed by atoms with van der Waals surface area (Å²) in [5, 5.41) is 19.3. The van der Waals surface area contributed by atoms with E-state index in [4.69, 9.17) is 28.6 Å². The van der Waals surface area contributed by atoms with Crippen molar-refractivity contribution in [3.63, 3.8) is 0 Å². The van der Waals surface area contributed by atoms with Crippen LogP contribution in [0.1, 0.15) is 11.7 Å². The standard InChI is InChI=1S/C15H12Cl2N2OS/c16-10-6-5-9(7-11(10)17)13(20)8-19-12-3-1-2-4-14(12)21-15(19)18/h1-7,13,18,20H,8H2. The van der Waals surface area contributed by atoms with Crippen LogP contribution in [0.15, 0.2) is 42.5 Å². The van der Waals surface area contributed by atoms with Crippen molar-refractivity contribution >= 4 is 44.8 Å². The largest absolute Gasteiger partial charge is 0.387 e. The second kappa shape index (κ2) is 5.81. The monoisotopic (exact) mass is 338 g/mol. The van der Waals surface area contributed by atoms with Crippen LogP contribution in [0.3, 0.4) is 0 Å². The molecule has 2 aromatic carbocycles. The van der Waals surface area contributed by atoms with E-state index < -0.39 is 6.10 Å². The van der Waals surface area contributed by atoms with Gasteiger partial charge >= 0.3 is 0 Å². The molecule has 0 aliphatic rings. The van der Waals surface area contributed by atoms with E-state index in [0.717, 1.165) is 10.2 Å². The first-order valence-corrected chi connectivity index (χ1v) is 7.89. The van der Waals surface area contributed by atoms with Crippen LogP contribution in [-0.4, -0.2) is 9.67 Å². The van der Waals surface area contributed by atoms with E-state index in [1.807, 2.05) is 24.3 Å². The number of nitrogens with zero attached hydrogens (tertiary/aromatic N) is 1. The third-order valence-corrected chi connectivity index (χ3v) is 5.01. The van der Waals surface area contributed by atoms with Crippen molar-refractivity contribution in [2.45, 2.75) is 12.6 Å². The van der Waals surface area contributed by atoms with E-state index in [-0.39, 0.29) is 0 Å². The Balaban J connectivity index is 1.96. The molecule has 0 aliphatic carbocycles. The van der Waals surface area contributed by atoms with E-state index in [2.05, 4.69) is 0 Å². The molecule has 1 atom stereocenters. The number of aliphatic hydroxyl groups is 1. The smallest absolute Gasteiger partial charge is 0.183 e. The minimum Gasteiger partial charge on any atom is -0.387 e. The van der Waals surface area contributed by atoms with Gasteiger partial charge in [0.1, 0.15) is 0 Å². The minimum atomic E-state index is -0.744. The molecule has 3 aromatic rings. The van der Waals surface area contributed by atoms with Crippen LogP contribution < -0.4 is 4.80 Å². The van der Waals surface area contributed by atoms with Crippen molar-refractivity contribution in [3.05, 3.63) is 62.9 Å². The summed E-state index contributed by atoms with van der Waals surface area (Å²) in [6, 6.07) is 12.9. The number of halogens is 2. The second-order valence-electron chi connectivity index (χ2n) is 4.67. The van der Waals surface area contributed by atoms with Gasteiger partial charge in [0.25, 0.3) is 0 Å². The van der Waals surface area contributed by atoms with Gasteiger partial charge in [-0.25, -0.2) is 0 Å². The maximum Gasteiger partial charge on any atom is 0.183 e. The molecule has 3 nitrogen and oxygen atoms in total. The molecule has 0 amide bonds. The molecule has 108 valence electrons. The van der Waals surface area contributed by atoms with Crippen molar-refractivity contribution in [1.29, 1.82) is 5.41 Å². The molecule has 1 heterocycles. The number of hydrogen-bond acceptors (Lipinski definition) is 3. The SMILES string of the molecule is N=c1sc2ccccc2n1CC(O)c1ccc(Cl)c(Cl)c1. The van der Waals surface area contributed by atoms with Gasteiger partial charge in [-0.1, -0.05) is 52.7 Å². The van der Waals surface area contributed by atoms with Crippen LogP contribution in [-0.2, 0) is 6.54 Å². The molecule has 1 aromatic heterocycles. The summed E-state index contributed by atoms with van der Waals surface area (Å²) in [5.74, 6) is 0. The van der Waals surface area contributed by atoms with E-state index in [9.17, 15) is 5.11 Å². The number of rotatable bonds is 3. The summed E-state index contributed by atoms with van der Waals surface area (Å²) < 4.78 is 2.83. The second-order valence-corrected chi connectivity index (χ2v) is 6.52. The number of aromatic nitrogens is 1. The molecule has 21 heavy (non-hydrogen) atoms. The van der Waals surface area contributed by atoms with Gasteiger partial charge in [0, 0.05) is 0 Å². The summed E-state index contributed by atoms with van der Waals surface area (Å²) in [6.45, 7) is 0.306. The molecule has 3 rings (SSSR count).